The van der Waals surface area contributed by atoms with Gasteiger partial charge in [0.15, 0.2) is 0 Å². The summed E-state index contributed by atoms with van der Waals surface area (Å²) in [6.45, 7) is 16.2. The Morgan fingerprint density at radius 1 is 0.762 bits per heavy atom. The molecule has 0 heterocycles. The van der Waals surface area contributed by atoms with Gasteiger partial charge in [-0.25, -0.2) is 0 Å². The molecular formula is C18H34N2Si. The predicted octanol–water partition coefficient (Wildman–Crippen LogP) is 3.82. The summed E-state index contributed by atoms with van der Waals surface area (Å²) in [5.74, 6) is 0. The Hall–Kier alpha value is -0.643. The molecule has 0 radical (unpaired) electrons. The molecule has 3 heteroatoms. The van der Waals surface area contributed by atoms with E-state index in [1.54, 1.807) is 5.19 Å². The Kier molecular flexibility index (Phi) is 8.23. The van der Waals surface area contributed by atoms with Crippen molar-refractivity contribution < 1.29 is 0 Å². The van der Waals surface area contributed by atoms with Crippen molar-refractivity contribution in [1.82, 2.24) is 9.13 Å². The van der Waals surface area contributed by atoms with Crippen molar-refractivity contribution >= 4 is 13.6 Å². The van der Waals surface area contributed by atoms with E-state index in [0.29, 0.717) is 0 Å². The number of hydrogen-bond donors (Lipinski definition) is 0. The Labute approximate surface area is 133 Å². The van der Waals surface area contributed by atoms with Gasteiger partial charge in [-0.15, -0.1) is 0 Å². The highest BCUT2D eigenvalue weighted by Crippen LogP contribution is 2.23. The first-order valence-electron chi connectivity index (χ1n) is 8.76. The molecule has 0 spiro atoms. The highest BCUT2D eigenvalue weighted by molar-refractivity contribution is 6.87. The van der Waals surface area contributed by atoms with Crippen LogP contribution in [0.1, 0.15) is 47.5 Å². The van der Waals surface area contributed by atoms with Crippen LogP contribution in [0.3, 0.4) is 0 Å². The largest absolute Gasteiger partial charge is 0.309 e. The molecule has 0 saturated carbocycles. The molecular weight excluding hydrogens is 272 g/mol. The topological polar surface area (TPSA) is 6.48 Å². The molecule has 2 nitrogen and oxygen atoms in total. The van der Waals surface area contributed by atoms with E-state index in [9.17, 15) is 0 Å². The normalized spacial score (nSPS) is 12.3. The van der Waals surface area contributed by atoms with Crippen molar-refractivity contribution in [2.75, 3.05) is 26.2 Å². The monoisotopic (exact) mass is 306 g/mol. The van der Waals surface area contributed by atoms with E-state index in [1.807, 2.05) is 0 Å². The fourth-order valence-corrected chi connectivity index (χ4v) is 9.36. The van der Waals surface area contributed by atoms with Gasteiger partial charge in [0.1, 0.15) is 0 Å². The predicted molar refractivity (Wildman–Crippen MR) is 97.4 cm³/mol. The standard InChI is InChI=1S/C18H34N2Si/c1-6-11-17-21(19(7-2)8-3,20(9-4)10-5)18-15-13-12-14-16-18/h12-16H,6-11,17H2,1-5H3. The zero-order chi connectivity index (χ0) is 15.7. The summed E-state index contributed by atoms with van der Waals surface area (Å²) in [6, 6.07) is 12.7. The summed E-state index contributed by atoms with van der Waals surface area (Å²) in [6.07, 6.45) is 2.61. The Morgan fingerprint density at radius 3 is 1.62 bits per heavy atom. The van der Waals surface area contributed by atoms with Crippen LogP contribution in [-0.2, 0) is 0 Å². The van der Waals surface area contributed by atoms with Crippen LogP contribution in [0.5, 0.6) is 0 Å². The number of hydrogen-bond acceptors (Lipinski definition) is 2. The summed E-state index contributed by atoms with van der Waals surface area (Å²) in [5, 5.41) is 1.59. The van der Waals surface area contributed by atoms with E-state index in [1.165, 1.54) is 18.9 Å². The van der Waals surface area contributed by atoms with Gasteiger partial charge in [-0.1, -0.05) is 77.8 Å². The molecule has 0 N–H and O–H groups in total. The summed E-state index contributed by atoms with van der Waals surface area (Å²) >= 11 is 0. The maximum Gasteiger partial charge on any atom is 0.239 e. The summed E-state index contributed by atoms with van der Waals surface area (Å²) in [7, 11) is -1.78. The van der Waals surface area contributed by atoms with Crippen LogP contribution in [0.4, 0.5) is 0 Å². The highest BCUT2D eigenvalue weighted by atomic mass is 28.3. The second kappa shape index (κ2) is 9.39. The van der Waals surface area contributed by atoms with Crippen LogP contribution in [0.25, 0.3) is 0 Å². The SMILES string of the molecule is CCCC[Si](c1ccccc1)(N(CC)CC)N(CC)CC. The molecule has 21 heavy (non-hydrogen) atoms. The second-order valence-corrected chi connectivity index (χ2v) is 9.61. The van der Waals surface area contributed by atoms with E-state index in [0.717, 1.165) is 26.2 Å². The molecule has 0 aliphatic rings. The summed E-state index contributed by atoms with van der Waals surface area (Å²) in [4.78, 5) is 0. The second-order valence-electron chi connectivity index (χ2n) is 5.63. The summed E-state index contributed by atoms with van der Waals surface area (Å²) in [5.41, 5.74) is 0. The van der Waals surface area contributed by atoms with Gasteiger partial charge in [-0.3, -0.25) is 0 Å². The van der Waals surface area contributed by atoms with E-state index in [2.05, 4.69) is 74.1 Å². The molecule has 0 bridgehead atoms. The van der Waals surface area contributed by atoms with E-state index < -0.39 is 8.40 Å². The van der Waals surface area contributed by atoms with Crippen LogP contribution >= 0.6 is 0 Å². The lowest BCUT2D eigenvalue weighted by Gasteiger charge is -2.48. The molecule has 120 valence electrons. The maximum absolute atomic E-state index is 2.78. The Bertz CT molecular complexity index is 360. The number of unbranched alkanes of at least 4 members (excludes halogenated alkanes) is 1. The van der Waals surface area contributed by atoms with Gasteiger partial charge >= 0.3 is 0 Å². The van der Waals surface area contributed by atoms with E-state index in [4.69, 9.17) is 0 Å². The average Bonchev–Trinajstić information content (AvgIpc) is 2.54. The van der Waals surface area contributed by atoms with E-state index >= 15 is 0 Å². The smallest absolute Gasteiger partial charge is 0.239 e. The van der Waals surface area contributed by atoms with Crippen molar-refractivity contribution in [1.29, 1.82) is 0 Å². The highest BCUT2D eigenvalue weighted by Gasteiger charge is 2.44. The van der Waals surface area contributed by atoms with Gasteiger partial charge in [0, 0.05) is 0 Å². The van der Waals surface area contributed by atoms with Gasteiger partial charge in [0.25, 0.3) is 0 Å². The molecule has 1 aromatic carbocycles. The van der Waals surface area contributed by atoms with Crippen molar-refractivity contribution in [3.05, 3.63) is 30.3 Å². The minimum Gasteiger partial charge on any atom is -0.309 e. The zero-order valence-electron chi connectivity index (χ0n) is 14.7. The molecule has 0 atom stereocenters. The fourth-order valence-electron chi connectivity index (χ4n) is 3.65. The molecule has 0 aromatic heterocycles. The van der Waals surface area contributed by atoms with Gasteiger partial charge in [0.2, 0.25) is 8.40 Å². The minimum atomic E-state index is -1.78. The number of nitrogens with zero attached hydrogens (tertiary/aromatic N) is 2. The Balaban J connectivity index is 3.39. The molecule has 0 unspecified atom stereocenters. The first-order valence-corrected chi connectivity index (χ1v) is 10.9. The van der Waals surface area contributed by atoms with E-state index in [-0.39, 0.29) is 0 Å². The van der Waals surface area contributed by atoms with Crippen LogP contribution in [-0.4, -0.2) is 43.7 Å². The molecule has 0 saturated heterocycles. The Morgan fingerprint density at radius 2 is 1.24 bits per heavy atom. The first-order chi connectivity index (χ1) is 10.2. The van der Waals surface area contributed by atoms with Crippen molar-refractivity contribution in [3.63, 3.8) is 0 Å². The average molecular weight is 307 g/mol. The third-order valence-corrected chi connectivity index (χ3v) is 10.4. The molecule has 1 rings (SSSR count). The third kappa shape index (κ3) is 3.96. The molecule has 0 aliphatic heterocycles. The lowest BCUT2D eigenvalue weighted by atomic mass is 10.4. The number of benzene rings is 1. The maximum atomic E-state index is 2.78. The van der Waals surface area contributed by atoms with Gasteiger partial charge in [-0.2, -0.15) is 0 Å². The van der Waals surface area contributed by atoms with Gasteiger partial charge < -0.3 is 9.13 Å². The van der Waals surface area contributed by atoms with Crippen LogP contribution in [0.15, 0.2) is 30.3 Å². The van der Waals surface area contributed by atoms with Crippen LogP contribution < -0.4 is 5.19 Å². The first kappa shape index (κ1) is 18.4. The van der Waals surface area contributed by atoms with Crippen molar-refractivity contribution in [2.24, 2.45) is 0 Å². The van der Waals surface area contributed by atoms with Crippen molar-refractivity contribution in [3.8, 4) is 0 Å². The summed E-state index contributed by atoms with van der Waals surface area (Å²) < 4.78 is 5.57. The van der Waals surface area contributed by atoms with Gasteiger partial charge in [-0.05, 0) is 37.4 Å². The zero-order valence-corrected chi connectivity index (χ0v) is 15.7. The van der Waals surface area contributed by atoms with Gasteiger partial charge in [0.05, 0.1) is 0 Å². The van der Waals surface area contributed by atoms with Crippen molar-refractivity contribution in [2.45, 2.75) is 53.5 Å². The minimum absolute atomic E-state index is 1.15. The van der Waals surface area contributed by atoms with Crippen LogP contribution in [0, 0.1) is 0 Å². The molecule has 1 aromatic rings. The number of rotatable bonds is 10. The third-order valence-electron chi connectivity index (χ3n) is 4.69. The fraction of sp³-hybridized carbons (Fsp3) is 0.667. The van der Waals surface area contributed by atoms with Crippen LogP contribution in [0.2, 0.25) is 6.04 Å². The molecule has 0 fully saturated rings. The quantitative estimate of drug-likeness (QED) is 0.606. The lowest BCUT2D eigenvalue weighted by molar-refractivity contribution is 0.358. The lowest BCUT2D eigenvalue weighted by Crippen LogP contribution is -2.72. The molecule has 0 aliphatic carbocycles. The molecule has 0 amide bonds.